The number of benzene rings is 1. The Hall–Kier alpha value is -2.28. The van der Waals surface area contributed by atoms with Gasteiger partial charge in [-0.25, -0.2) is 0 Å². The first-order chi connectivity index (χ1) is 13.5. The van der Waals surface area contributed by atoms with Crippen molar-refractivity contribution in [1.82, 2.24) is 15.5 Å². The summed E-state index contributed by atoms with van der Waals surface area (Å²) < 4.78 is 0. The fraction of sp³-hybridized carbons (Fsp3) is 0.524. The van der Waals surface area contributed by atoms with E-state index >= 15 is 0 Å². The molecule has 6 nitrogen and oxygen atoms in total. The summed E-state index contributed by atoms with van der Waals surface area (Å²) in [6.07, 6.45) is 5.40. The molecule has 0 spiro atoms. The van der Waals surface area contributed by atoms with Crippen molar-refractivity contribution >= 4 is 28.3 Å². The largest absolute Gasteiger partial charge is 0.344 e. The Morgan fingerprint density at radius 1 is 1.07 bits per heavy atom. The van der Waals surface area contributed by atoms with Crippen LogP contribution >= 0.6 is 11.3 Å². The second-order valence-corrected chi connectivity index (χ2v) is 7.99. The van der Waals surface area contributed by atoms with E-state index in [0.717, 1.165) is 42.7 Å². The number of nitrogens with one attached hydrogen (secondary N) is 2. The fourth-order valence-corrected chi connectivity index (χ4v) is 3.57. The maximum atomic E-state index is 12.8. The van der Waals surface area contributed by atoms with Gasteiger partial charge >= 0.3 is 0 Å². The molecule has 0 aliphatic carbocycles. The zero-order chi connectivity index (χ0) is 20.4. The molecule has 0 bridgehead atoms. The molecule has 0 unspecified atom stereocenters. The van der Waals surface area contributed by atoms with E-state index < -0.39 is 6.04 Å². The van der Waals surface area contributed by atoms with Crippen LogP contribution in [-0.4, -0.2) is 28.1 Å². The number of carbonyl (C=O) groups is 2. The number of amides is 2. The Morgan fingerprint density at radius 3 is 2.50 bits per heavy atom. The van der Waals surface area contributed by atoms with Crippen molar-refractivity contribution in [2.45, 2.75) is 65.3 Å². The molecule has 2 amide bonds. The molecule has 28 heavy (non-hydrogen) atoms. The highest BCUT2D eigenvalue weighted by Crippen LogP contribution is 2.26. The van der Waals surface area contributed by atoms with Gasteiger partial charge in [-0.15, -0.1) is 10.2 Å². The molecule has 1 heterocycles. The van der Waals surface area contributed by atoms with Crippen molar-refractivity contribution in [3.63, 3.8) is 0 Å². The third-order valence-electron chi connectivity index (χ3n) is 4.75. The van der Waals surface area contributed by atoms with E-state index in [1.807, 2.05) is 44.2 Å². The van der Waals surface area contributed by atoms with Crippen LogP contribution in [0.5, 0.6) is 0 Å². The van der Waals surface area contributed by atoms with E-state index in [0.29, 0.717) is 11.6 Å². The molecule has 2 aromatic rings. The Labute approximate surface area is 171 Å². The minimum Gasteiger partial charge on any atom is -0.344 e. The quantitative estimate of drug-likeness (QED) is 0.536. The lowest BCUT2D eigenvalue weighted by molar-refractivity contribution is -0.127. The molecule has 0 fully saturated rings. The molecule has 1 aromatic carbocycles. The van der Waals surface area contributed by atoms with E-state index in [1.54, 1.807) is 0 Å². The zero-order valence-corrected chi connectivity index (χ0v) is 17.7. The minimum absolute atomic E-state index is 0.0288. The third kappa shape index (κ3) is 6.71. The van der Waals surface area contributed by atoms with Gasteiger partial charge in [-0.3, -0.25) is 14.9 Å². The number of hydrogen-bond donors (Lipinski definition) is 2. The molecular formula is C21H30N4O2S. The van der Waals surface area contributed by atoms with Crippen LogP contribution in [0.15, 0.2) is 30.3 Å². The highest BCUT2D eigenvalue weighted by atomic mass is 32.1. The van der Waals surface area contributed by atoms with Crippen molar-refractivity contribution in [2.24, 2.45) is 5.92 Å². The first-order valence-electron chi connectivity index (χ1n) is 10.0. The van der Waals surface area contributed by atoms with Gasteiger partial charge in [0.1, 0.15) is 11.0 Å². The molecule has 0 saturated carbocycles. The van der Waals surface area contributed by atoms with E-state index in [1.165, 1.54) is 11.3 Å². The number of unbranched alkanes of at least 4 members (excludes halogenated alkanes) is 3. The van der Waals surface area contributed by atoms with Gasteiger partial charge in [-0.05, 0) is 12.3 Å². The Balaban J connectivity index is 1.97. The van der Waals surface area contributed by atoms with Gasteiger partial charge in [0.25, 0.3) is 0 Å². The molecule has 152 valence electrons. The normalized spacial score (nSPS) is 13.0. The molecule has 0 aliphatic rings. The fourth-order valence-electron chi connectivity index (χ4n) is 2.81. The van der Waals surface area contributed by atoms with Crippen LogP contribution in [0.3, 0.4) is 0 Å². The van der Waals surface area contributed by atoms with Crippen molar-refractivity contribution in [3.05, 3.63) is 30.3 Å². The van der Waals surface area contributed by atoms with E-state index in [2.05, 4.69) is 27.8 Å². The molecule has 2 rings (SSSR count). The summed E-state index contributed by atoms with van der Waals surface area (Å²) in [5.41, 5.74) is 0.958. The van der Waals surface area contributed by atoms with Crippen LogP contribution in [0.4, 0.5) is 5.13 Å². The molecule has 0 radical (unpaired) electrons. The van der Waals surface area contributed by atoms with Gasteiger partial charge < -0.3 is 5.32 Å². The van der Waals surface area contributed by atoms with Crippen LogP contribution in [0.1, 0.15) is 59.3 Å². The van der Waals surface area contributed by atoms with Crippen LogP contribution < -0.4 is 10.6 Å². The Morgan fingerprint density at radius 2 is 1.82 bits per heavy atom. The molecule has 0 aliphatic heterocycles. The smallest absolute Gasteiger partial charge is 0.249 e. The van der Waals surface area contributed by atoms with Gasteiger partial charge in [0, 0.05) is 12.0 Å². The molecule has 0 saturated heterocycles. The summed E-state index contributed by atoms with van der Waals surface area (Å²) in [6.45, 7) is 6.12. The summed E-state index contributed by atoms with van der Waals surface area (Å²) in [5, 5.41) is 15.1. The van der Waals surface area contributed by atoms with E-state index in [-0.39, 0.29) is 17.7 Å². The maximum absolute atomic E-state index is 12.8. The molecular weight excluding hydrogens is 372 g/mol. The lowest BCUT2D eigenvalue weighted by Gasteiger charge is -2.23. The first-order valence-corrected chi connectivity index (χ1v) is 10.9. The van der Waals surface area contributed by atoms with Crippen molar-refractivity contribution < 1.29 is 9.59 Å². The van der Waals surface area contributed by atoms with E-state index in [4.69, 9.17) is 0 Å². The van der Waals surface area contributed by atoms with E-state index in [9.17, 15) is 9.59 Å². The van der Waals surface area contributed by atoms with Crippen LogP contribution in [0, 0.1) is 5.92 Å². The van der Waals surface area contributed by atoms with Gasteiger partial charge in [0.2, 0.25) is 16.9 Å². The van der Waals surface area contributed by atoms with Crippen molar-refractivity contribution in [1.29, 1.82) is 0 Å². The first kappa shape index (κ1) is 22.0. The Kier molecular flexibility index (Phi) is 9.07. The monoisotopic (exact) mass is 402 g/mol. The lowest BCUT2D eigenvalue weighted by atomic mass is 9.98. The van der Waals surface area contributed by atoms with Gasteiger partial charge in [0.05, 0.1) is 0 Å². The predicted molar refractivity (Wildman–Crippen MR) is 114 cm³/mol. The second-order valence-electron chi connectivity index (χ2n) is 7.01. The molecule has 7 heteroatoms. The summed E-state index contributed by atoms with van der Waals surface area (Å²) in [4.78, 5) is 25.1. The summed E-state index contributed by atoms with van der Waals surface area (Å²) >= 11 is 1.32. The van der Waals surface area contributed by atoms with Crippen molar-refractivity contribution in [3.8, 4) is 10.6 Å². The second kappa shape index (κ2) is 11.5. The summed E-state index contributed by atoms with van der Waals surface area (Å²) in [6, 6.07) is 9.13. The number of hydrogen-bond acceptors (Lipinski definition) is 5. The Bertz CT molecular complexity index is 748. The average Bonchev–Trinajstić information content (AvgIpc) is 3.18. The van der Waals surface area contributed by atoms with Crippen LogP contribution in [-0.2, 0) is 9.59 Å². The van der Waals surface area contributed by atoms with Gasteiger partial charge in [-0.1, -0.05) is 88.1 Å². The zero-order valence-electron chi connectivity index (χ0n) is 16.9. The predicted octanol–water partition coefficient (Wildman–Crippen LogP) is 4.64. The number of aromatic nitrogens is 2. The average molecular weight is 403 g/mol. The number of nitrogens with zero attached hydrogens (tertiary/aromatic N) is 2. The van der Waals surface area contributed by atoms with Crippen molar-refractivity contribution in [2.75, 3.05) is 5.32 Å². The number of rotatable bonds is 11. The summed E-state index contributed by atoms with van der Waals surface area (Å²) in [7, 11) is 0. The maximum Gasteiger partial charge on any atom is 0.249 e. The minimum atomic E-state index is -0.576. The van der Waals surface area contributed by atoms with Gasteiger partial charge in [-0.2, -0.15) is 0 Å². The molecule has 2 N–H and O–H groups in total. The van der Waals surface area contributed by atoms with Crippen LogP contribution in [0.2, 0.25) is 0 Å². The SMILES string of the molecule is CCCCCCC(=O)N[C@@H](C(=O)Nc1nnc(-c2ccccc2)s1)[C@@H](C)CC. The highest BCUT2D eigenvalue weighted by molar-refractivity contribution is 7.18. The molecule has 2 atom stereocenters. The number of anilines is 1. The lowest BCUT2D eigenvalue weighted by Crippen LogP contribution is -2.47. The molecule has 1 aromatic heterocycles. The third-order valence-corrected chi connectivity index (χ3v) is 5.63. The topological polar surface area (TPSA) is 84.0 Å². The number of carbonyl (C=O) groups excluding carboxylic acids is 2. The summed E-state index contributed by atoms with van der Waals surface area (Å²) in [5.74, 6) is -0.285. The standard InChI is InChI=1S/C21H30N4O2S/c1-4-6-7-11-14-17(26)22-18(15(3)5-2)19(27)23-21-25-24-20(28-21)16-12-9-8-10-13-16/h8-10,12-13,15,18H,4-7,11,14H2,1-3H3,(H,22,26)(H,23,25,27)/t15-,18+/m0/s1. The van der Waals surface area contributed by atoms with Crippen LogP contribution in [0.25, 0.3) is 10.6 Å². The highest BCUT2D eigenvalue weighted by Gasteiger charge is 2.26. The van der Waals surface area contributed by atoms with Gasteiger partial charge in [0.15, 0.2) is 0 Å².